The molecule has 1 aliphatic heterocycles. The van der Waals surface area contributed by atoms with Crippen molar-refractivity contribution in [3.8, 4) is 5.75 Å². The number of aromatic amines is 2. The van der Waals surface area contributed by atoms with Gasteiger partial charge in [-0.25, -0.2) is 4.79 Å². The van der Waals surface area contributed by atoms with Crippen molar-refractivity contribution in [2.75, 3.05) is 18.5 Å². The van der Waals surface area contributed by atoms with E-state index in [1.807, 2.05) is 6.92 Å². The standard InChI is InChI=1S/C15H21N5O5/c1-3-8-4-5-20(7-21)15(24,25)11(8)19(2)13-10-9(22)6-16-12(10)17-14(23)18-13/h6-8,11,22,24-25H,3-5H2,1-2H3,(H2,16,17,18,23). The number of rotatable bonds is 4. The number of hydrogen-bond acceptors (Lipinski definition) is 7. The summed E-state index contributed by atoms with van der Waals surface area (Å²) in [7, 11) is 1.55. The maximum absolute atomic E-state index is 11.8. The fourth-order valence-electron chi connectivity index (χ4n) is 3.66. The first-order valence-electron chi connectivity index (χ1n) is 8.01. The maximum atomic E-state index is 11.8. The second kappa shape index (κ2) is 6.05. The summed E-state index contributed by atoms with van der Waals surface area (Å²) in [5.74, 6) is -2.62. The Kier molecular flexibility index (Phi) is 4.17. The first-order valence-corrected chi connectivity index (χ1v) is 8.01. The zero-order valence-corrected chi connectivity index (χ0v) is 13.9. The second-order valence-electron chi connectivity index (χ2n) is 6.29. The normalized spacial score (nSPS) is 23.0. The van der Waals surface area contributed by atoms with Gasteiger partial charge >= 0.3 is 5.69 Å². The van der Waals surface area contributed by atoms with E-state index in [-0.39, 0.29) is 35.1 Å². The van der Waals surface area contributed by atoms with Crippen LogP contribution in [0.2, 0.25) is 0 Å². The van der Waals surface area contributed by atoms with Gasteiger partial charge in [-0.1, -0.05) is 13.3 Å². The zero-order chi connectivity index (χ0) is 18.4. The summed E-state index contributed by atoms with van der Waals surface area (Å²) in [6.45, 7) is 2.12. The molecule has 1 saturated heterocycles. The van der Waals surface area contributed by atoms with E-state index >= 15 is 0 Å². The third kappa shape index (κ3) is 2.63. The van der Waals surface area contributed by atoms with E-state index < -0.39 is 17.6 Å². The molecule has 3 rings (SSSR count). The lowest BCUT2D eigenvalue weighted by Gasteiger charge is -2.50. The van der Waals surface area contributed by atoms with E-state index in [0.29, 0.717) is 19.3 Å². The van der Waals surface area contributed by atoms with Crippen molar-refractivity contribution in [1.82, 2.24) is 19.9 Å². The highest BCUT2D eigenvalue weighted by Crippen LogP contribution is 2.38. The number of hydrogen-bond donors (Lipinski definition) is 5. The van der Waals surface area contributed by atoms with E-state index in [4.69, 9.17) is 0 Å². The quantitative estimate of drug-likeness (QED) is 0.361. The minimum Gasteiger partial charge on any atom is -0.506 e. The molecule has 2 unspecified atom stereocenters. The Balaban J connectivity index is 2.15. The van der Waals surface area contributed by atoms with E-state index in [0.717, 1.165) is 4.90 Å². The van der Waals surface area contributed by atoms with E-state index in [1.165, 1.54) is 11.1 Å². The summed E-state index contributed by atoms with van der Waals surface area (Å²) >= 11 is 0. The third-order valence-electron chi connectivity index (χ3n) is 4.93. The van der Waals surface area contributed by atoms with Crippen molar-refractivity contribution in [2.24, 2.45) is 5.92 Å². The van der Waals surface area contributed by atoms with Crippen molar-refractivity contribution < 1.29 is 20.1 Å². The SMILES string of the molecule is CCC1CCN(C=O)C(O)(O)C1N(C)c1nc(=O)[nH]c2[nH]cc(O)c12. The van der Waals surface area contributed by atoms with Crippen molar-refractivity contribution in [1.29, 1.82) is 0 Å². The molecule has 5 N–H and O–H groups in total. The van der Waals surface area contributed by atoms with Crippen molar-refractivity contribution in [3.05, 3.63) is 16.7 Å². The molecular formula is C15H21N5O5. The van der Waals surface area contributed by atoms with Crippen LogP contribution in [0.3, 0.4) is 0 Å². The minimum atomic E-state index is -2.43. The van der Waals surface area contributed by atoms with Gasteiger partial charge in [-0.3, -0.25) is 14.7 Å². The molecule has 136 valence electrons. The number of carbonyl (C=O) groups excluding carboxylic acids is 1. The Labute approximate surface area is 142 Å². The molecule has 10 heteroatoms. The molecule has 25 heavy (non-hydrogen) atoms. The molecule has 0 bridgehead atoms. The molecule has 1 aliphatic rings. The first kappa shape index (κ1) is 17.2. The zero-order valence-electron chi connectivity index (χ0n) is 13.9. The Morgan fingerprint density at radius 2 is 2.24 bits per heavy atom. The summed E-state index contributed by atoms with van der Waals surface area (Å²) in [6.07, 6.45) is 2.90. The molecule has 0 aromatic carbocycles. The summed E-state index contributed by atoms with van der Waals surface area (Å²) in [5.41, 5.74) is -0.370. The highest BCUT2D eigenvalue weighted by atomic mass is 16.5. The number of nitrogens with zero attached hydrogens (tertiary/aromatic N) is 3. The minimum absolute atomic E-state index is 0.0983. The van der Waals surface area contributed by atoms with Crippen LogP contribution in [0, 0.1) is 5.92 Å². The van der Waals surface area contributed by atoms with Crippen LogP contribution in [0.5, 0.6) is 5.75 Å². The Morgan fingerprint density at radius 3 is 2.88 bits per heavy atom. The fourth-order valence-corrected chi connectivity index (χ4v) is 3.66. The molecule has 0 aliphatic carbocycles. The van der Waals surface area contributed by atoms with Crippen LogP contribution in [0.1, 0.15) is 19.8 Å². The van der Waals surface area contributed by atoms with Gasteiger partial charge < -0.3 is 25.2 Å². The number of carbonyl (C=O) groups is 1. The van der Waals surface area contributed by atoms with Gasteiger partial charge in [0.2, 0.25) is 6.41 Å². The molecule has 2 aromatic heterocycles. The predicted octanol–water partition coefficient (Wildman–Crippen LogP) is -0.712. The van der Waals surface area contributed by atoms with Gasteiger partial charge in [0, 0.05) is 19.8 Å². The lowest BCUT2D eigenvalue weighted by molar-refractivity contribution is -0.283. The highest BCUT2D eigenvalue weighted by molar-refractivity contribution is 5.93. The molecular weight excluding hydrogens is 330 g/mol. The molecule has 2 aromatic rings. The lowest BCUT2D eigenvalue weighted by Crippen LogP contribution is -2.67. The molecule has 1 fully saturated rings. The number of nitrogens with one attached hydrogen (secondary N) is 2. The fraction of sp³-hybridized carbons (Fsp3) is 0.533. The van der Waals surface area contributed by atoms with Crippen molar-refractivity contribution >= 4 is 23.3 Å². The van der Waals surface area contributed by atoms with E-state index in [1.54, 1.807) is 7.05 Å². The number of H-pyrrole nitrogens is 2. The topological polar surface area (TPSA) is 146 Å². The predicted molar refractivity (Wildman–Crippen MR) is 88.9 cm³/mol. The lowest BCUT2D eigenvalue weighted by atomic mass is 9.85. The van der Waals surface area contributed by atoms with Gasteiger partial charge in [-0.2, -0.15) is 4.98 Å². The molecule has 0 radical (unpaired) electrons. The molecule has 0 saturated carbocycles. The van der Waals surface area contributed by atoms with Gasteiger partial charge in [0.05, 0.1) is 0 Å². The van der Waals surface area contributed by atoms with E-state index in [9.17, 15) is 24.9 Å². The van der Waals surface area contributed by atoms with Gasteiger partial charge in [-0.15, -0.1) is 0 Å². The summed E-state index contributed by atoms with van der Waals surface area (Å²) in [5, 5.41) is 31.6. The van der Waals surface area contributed by atoms with Gasteiger partial charge in [-0.05, 0) is 12.3 Å². The molecule has 3 heterocycles. The number of piperidine rings is 1. The Morgan fingerprint density at radius 1 is 1.52 bits per heavy atom. The number of fused-ring (bicyclic) bond motifs is 1. The molecule has 2 atom stereocenters. The first-order chi connectivity index (χ1) is 11.8. The number of likely N-dealkylation sites (N-methyl/N-ethyl adjacent to an activating group) is 1. The smallest absolute Gasteiger partial charge is 0.348 e. The molecule has 1 amide bonds. The summed E-state index contributed by atoms with van der Waals surface area (Å²) < 4.78 is 0. The number of aromatic nitrogens is 3. The van der Waals surface area contributed by atoms with Crippen LogP contribution >= 0.6 is 0 Å². The summed E-state index contributed by atoms with van der Waals surface area (Å²) in [4.78, 5) is 34.5. The molecule has 0 spiro atoms. The van der Waals surface area contributed by atoms with Crippen LogP contribution in [-0.2, 0) is 4.79 Å². The van der Waals surface area contributed by atoms with Crippen LogP contribution < -0.4 is 10.6 Å². The Hall–Kier alpha value is -2.59. The average Bonchev–Trinajstić information content (AvgIpc) is 2.93. The van der Waals surface area contributed by atoms with Gasteiger partial charge in [0.25, 0.3) is 5.91 Å². The number of aliphatic hydroxyl groups is 2. The van der Waals surface area contributed by atoms with E-state index in [2.05, 4.69) is 15.0 Å². The summed E-state index contributed by atoms with van der Waals surface area (Å²) in [6, 6.07) is -0.928. The Bertz CT molecular complexity index is 844. The molecule has 10 nitrogen and oxygen atoms in total. The monoisotopic (exact) mass is 351 g/mol. The average molecular weight is 351 g/mol. The number of anilines is 1. The number of likely N-dealkylation sites (tertiary alicyclic amines) is 1. The maximum Gasteiger partial charge on any atom is 0.348 e. The van der Waals surface area contributed by atoms with Crippen molar-refractivity contribution in [2.45, 2.75) is 31.7 Å². The number of aromatic hydroxyl groups is 1. The van der Waals surface area contributed by atoms with Crippen LogP contribution in [0.4, 0.5) is 5.82 Å². The van der Waals surface area contributed by atoms with Crippen LogP contribution in [-0.4, -0.2) is 67.1 Å². The van der Waals surface area contributed by atoms with Gasteiger partial charge in [0.15, 0.2) is 0 Å². The highest BCUT2D eigenvalue weighted by Gasteiger charge is 2.50. The van der Waals surface area contributed by atoms with Crippen LogP contribution in [0.15, 0.2) is 11.0 Å². The second-order valence-corrected chi connectivity index (χ2v) is 6.29. The van der Waals surface area contributed by atoms with Crippen LogP contribution in [0.25, 0.3) is 11.0 Å². The van der Waals surface area contributed by atoms with Crippen molar-refractivity contribution in [3.63, 3.8) is 0 Å². The van der Waals surface area contributed by atoms with Gasteiger partial charge in [0.1, 0.15) is 28.6 Å². The largest absolute Gasteiger partial charge is 0.506 e. The third-order valence-corrected chi connectivity index (χ3v) is 4.93. The number of amides is 1.